The zero-order valence-electron chi connectivity index (χ0n) is 8.03. The van der Waals surface area contributed by atoms with Crippen LogP contribution in [0.15, 0.2) is 28.5 Å². The largest absolute Gasteiger partial charge is 0.268 e. The van der Waals surface area contributed by atoms with E-state index in [4.69, 9.17) is 0 Å². The van der Waals surface area contributed by atoms with Crippen molar-refractivity contribution < 1.29 is 8.42 Å². The van der Waals surface area contributed by atoms with Crippen molar-refractivity contribution in [3.8, 4) is 0 Å². The highest BCUT2D eigenvalue weighted by Crippen LogP contribution is 1.96. The molecule has 0 saturated heterocycles. The number of rotatable bonds is 4. The molecule has 0 aliphatic heterocycles. The van der Waals surface area contributed by atoms with E-state index in [9.17, 15) is 8.42 Å². The van der Waals surface area contributed by atoms with Gasteiger partial charge in [-0.1, -0.05) is 11.6 Å². The number of sulfonamides is 1. The molecule has 74 valence electrons. The molecule has 0 spiro atoms. The summed E-state index contributed by atoms with van der Waals surface area (Å²) in [6, 6.07) is 0. The number of hydrogen-bond acceptors (Lipinski definition) is 3. The average Bonchev–Trinajstić information content (AvgIpc) is 1.95. The SMILES string of the molecule is C=N/C(=C\C=C(C)C)NS(C)(=O)=O. The first kappa shape index (κ1) is 11.9. The van der Waals surface area contributed by atoms with Crippen molar-refractivity contribution in [1.82, 2.24) is 4.72 Å². The third-order valence-electron chi connectivity index (χ3n) is 1.03. The van der Waals surface area contributed by atoms with Crippen LogP contribution in [0, 0.1) is 0 Å². The van der Waals surface area contributed by atoms with Gasteiger partial charge in [0.25, 0.3) is 0 Å². The van der Waals surface area contributed by atoms with Gasteiger partial charge in [-0.15, -0.1) is 0 Å². The number of hydrogen-bond donors (Lipinski definition) is 1. The lowest BCUT2D eigenvalue weighted by molar-refractivity contribution is 0.594. The lowest BCUT2D eigenvalue weighted by atomic mass is 10.3. The highest BCUT2D eigenvalue weighted by molar-refractivity contribution is 7.88. The summed E-state index contributed by atoms with van der Waals surface area (Å²) in [6.45, 7) is 7.05. The molecular formula is C8H14N2O2S. The quantitative estimate of drug-likeness (QED) is 0.547. The molecule has 0 atom stereocenters. The third-order valence-corrected chi connectivity index (χ3v) is 1.61. The fourth-order valence-electron chi connectivity index (χ4n) is 0.555. The Bertz CT molecular complexity index is 335. The van der Waals surface area contributed by atoms with E-state index >= 15 is 0 Å². The predicted molar refractivity (Wildman–Crippen MR) is 55.0 cm³/mol. The molecule has 0 rings (SSSR count). The van der Waals surface area contributed by atoms with E-state index in [1.807, 2.05) is 13.8 Å². The van der Waals surface area contributed by atoms with Crippen molar-refractivity contribution in [2.24, 2.45) is 4.99 Å². The first-order valence-corrected chi connectivity index (χ1v) is 5.54. The smallest absolute Gasteiger partial charge is 0.230 e. The first-order chi connectivity index (χ1) is 5.85. The van der Waals surface area contributed by atoms with Gasteiger partial charge in [-0.05, 0) is 26.6 Å². The van der Waals surface area contributed by atoms with Gasteiger partial charge in [0.15, 0.2) is 0 Å². The van der Waals surface area contributed by atoms with Gasteiger partial charge in [0.1, 0.15) is 5.82 Å². The fraction of sp³-hybridized carbons (Fsp3) is 0.375. The molecule has 4 nitrogen and oxygen atoms in total. The zero-order valence-corrected chi connectivity index (χ0v) is 8.85. The molecular weight excluding hydrogens is 188 g/mol. The van der Waals surface area contributed by atoms with Crippen LogP contribution in [0.25, 0.3) is 0 Å². The standard InChI is InChI=1S/C8H14N2O2S/c1-7(2)5-6-8(9-3)10-13(4,11)12/h5-6,10H,3H2,1-2,4H3/b8-6+. The molecule has 0 amide bonds. The molecule has 0 aromatic rings. The third kappa shape index (κ3) is 7.27. The number of nitrogens with zero attached hydrogens (tertiary/aromatic N) is 1. The molecule has 13 heavy (non-hydrogen) atoms. The molecule has 0 heterocycles. The number of aliphatic imine (C=N–C) groups is 1. The maximum atomic E-state index is 10.8. The van der Waals surface area contributed by atoms with E-state index in [1.54, 1.807) is 12.2 Å². The second-order valence-electron chi connectivity index (χ2n) is 2.83. The highest BCUT2D eigenvalue weighted by Gasteiger charge is 2.00. The van der Waals surface area contributed by atoms with Crippen LogP contribution in [0.1, 0.15) is 13.8 Å². The lowest BCUT2D eigenvalue weighted by Gasteiger charge is -2.01. The summed E-state index contributed by atoms with van der Waals surface area (Å²) < 4.78 is 23.8. The second-order valence-corrected chi connectivity index (χ2v) is 4.58. The minimum atomic E-state index is -3.26. The van der Waals surface area contributed by atoms with E-state index in [0.717, 1.165) is 11.8 Å². The van der Waals surface area contributed by atoms with Crippen LogP contribution in [-0.2, 0) is 10.0 Å². The summed E-state index contributed by atoms with van der Waals surface area (Å²) in [6.07, 6.45) is 4.38. The number of allylic oxidation sites excluding steroid dienone is 3. The molecule has 0 unspecified atom stereocenters. The van der Waals surface area contributed by atoms with Gasteiger partial charge >= 0.3 is 0 Å². The Morgan fingerprint density at radius 3 is 2.23 bits per heavy atom. The van der Waals surface area contributed by atoms with Crippen molar-refractivity contribution in [1.29, 1.82) is 0 Å². The number of nitrogens with one attached hydrogen (secondary N) is 1. The Balaban J connectivity index is 4.64. The maximum absolute atomic E-state index is 10.8. The van der Waals surface area contributed by atoms with Crippen LogP contribution in [0.3, 0.4) is 0 Å². The average molecular weight is 202 g/mol. The van der Waals surface area contributed by atoms with Crippen LogP contribution in [-0.4, -0.2) is 21.4 Å². The highest BCUT2D eigenvalue weighted by atomic mass is 32.2. The van der Waals surface area contributed by atoms with Crippen molar-refractivity contribution >= 4 is 16.7 Å². The lowest BCUT2D eigenvalue weighted by Crippen LogP contribution is -2.19. The molecule has 1 N–H and O–H groups in total. The van der Waals surface area contributed by atoms with Crippen LogP contribution in [0.5, 0.6) is 0 Å². The van der Waals surface area contributed by atoms with E-state index in [1.165, 1.54) is 0 Å². The van der Waals surface area contributed by atoms with Gasteiger partial charge in [-0.25, -0.2) is 13.4 Å². The fourth-order valence-corrected chi connectivity index (χ4v) is 1.07. The van der Waals surface area contributed by atoms with Crippen molar-refractivity contribution in [2.75, 3.05) is 6.26 Å². The minimum Gasteiger partial charge on any atom is -0.268 e. The van der Waals surface area contributed by atoms with Crippen molar-refractivity contribution in [3.63, 3.8) is 0 Å². The topological polar surface area (TPSA) is 58.5 Å². The van der Waals surface area contributed by atoms with Crippen LogP contribution in [0.2, 0.25) is 0 Å². The van der Waals surface area contributed by atoms with Gasteiger partial charge in [0, 0.05) is 0 Å². The molecule has 0 aliphatic carbocycles. The molecule has 0 fully saturated rings. The summed E-state index contributed by atoms with van der Waals surface area (Å²) in [5, 5.41) is 0. The molecule has 0 radical (unpaired) electrons. The summed E-state index contributed by atoms with van der Waals surface area (Å²) in [7, 11) is -3.26. The van der Waals surface area contributed by atoms with Gasteiger partial charge in [-0.3, -0.25) is 4.72 Å². The molecule has 0 aromatic carbocycles. The summed E-state index contributed by atoms with van der Waals surface area (Å²) in [5.74, 6) is 0.226. The van der Waals surface area contributed by atoms with Gasteiger partial charge in [-0.2, -0.15) is 0 Å². The summed E-state index contributed by atoms with van der Waals surface area (Å²) >= 11 is 0. The monoisotopic (exact) mass is 202 g/mol. The van der Waals surface area contributed by atoms with E-state index in [0.29, 0.717) is 0 Å². The van der Waals surface area contributed by atoms with Gasteiger partial charge in [0.2, 0.25) is 10.0 Å². The second kappa shape index (κ2) is 4.81. The van der Waals surface area contributed by atoms with Crippen molar-refractivity contribution in [3.05, 3.63) is 23.5 Å². The Kier molecular flexibility index (Phi) is 4.40. The normalized spacial score (nSPS) is 12.1. The van der Waals surface area contributed by atoms with Crippen LogP contribution in [0.4, 0.5) is 0 Å². The summed E-state index contributed by atoms with van der Waals surface area (Å²) in [5.41, 5.74) is 1.05. The molecule has 0 saturated carbocycles. The van der Waals surface area contributed by atoms with E-state index in [2.05, 4.69) is 16.4 Å². The Hall–Kier alpha value is -1.10. The Morgan fingerprint density at radius 2 is 1.92 bits per heavy atom. The Morgan fingerprint density at radius 1 is 1.38 bits per heavy atom. The van der Waals surface area contributed by atoms with E-state index in [-0.39, 0.29) is 5.82 Å². The van der Waals surface area contributed by atoms with Gasteiger partial charge < -0.3 is 0 Å². The minimum absolute atomic E-state index is 0.226. The molecule has 0 bridgehead atoms. The van der Waals surface area contributed by atoms with Crippen LogP contribution >= 0.6 is 0 Å². The van der Waals surface area contributed by atoms with Gasteiger partial charge in [0.05, 0.1) is 6.26 Å². The maximum Gasteiger partial charge on any atom is 0.230 e. The first-order valence-electron chi connectivity index (χ1n) is 3.65. The van der Waals surface area contributed by atoms with Crippen LogP contribution < -0.4 is 4.72 Å². The Labute approximate surface area is 79.1 Å². The van der Waals surface area contributed by atoms with E-state index < -0.39 is 10.0 Å². The zero-order chi connectivity index (χ0) is 10.5. The predicted octanol–water partition coefficient (Wildman–Crippen LogP) is 1.04. The summed E-state index contributed by atoms with van der Waals surface area (Å²) in [4.78, 5) is 3.52. The molecule has 5 heteroatoms. The molecule has 0 aliphatic rings. The molecule has 0 aromatic heterocycles. The van der Waals surface area contributed by atoms with Crippen molar-refractivity contribution in [2.45, 2.75) is 13.8 Å².